The first-order valence-corrected chi connectivity index (χ1v) is 15.3. The number of pyridine rings is 1. The number of hydrogen-bond donors (Lipinski definition) is 2. The summed E-state index contributed by atoms with van der Waals surface area (Å²) in [6.07, 6.45) is 1.45. The summed E-state index contributed by atoms with van der Waals surface area (Å²) in [4.78, 5) is 30.7. The summed E-state index contributed by atoms with van der Waals surface area (Å²) in [6.45, 7) is 10.6. The zero-order valence-corrected chi connectivity index (χ0v) is 25.8. The fourth-order valence-corrected chi connectivity index (χ4v) is 5.73. The number of hydrogen-bond acceptors (Lipinski definition) is 10. The van der Waals surface area contributed by atoms with Crippen molar-refractivity contribution in [2.45, 2.75) is 83.0 Å². The number of carbonyl (C=O) groups is 2. The molecule has 0 radical (unpaired) electrons. The second-order valence-corrected chi connectivity index (χ2v) is 11.5. The Kier molecular flexibility index (Phi) is 11.7. The molecule has 1 fully saturated rings. The van der Waals surface area contributed by atoms with E-state index in [2.05, 4.69) is 22.4 Å². The molecule has 1 aliphatic rings. The Labute approximate surface area is 252 Å². The third kappa shape index (κ3) is 7.80. The van der Waals surface area contributed by atoms with E-state index < -0.39 is 11.7 Å². The number of nitrogens with one attached hydrogen (secondary N) is 1. The summed E-state index contributed by atoms with van der Waals surface area (Å²) in [5.74, 6) is 0.228. The number of thioether (sulfide) groups is 1. The zero-order chi connectivity index (χ0) is 30.9. The molecule has 2 heterocycles. The minimum Gasteiger partial charge on any atom is -0.463 e. The maximum absolute atomic E-state index is 12.6. The molecule has 0 aliphatic carbocycles. The van der Waals surface area contributed by atoms with Crippen LogP contribution in [0.3, 0.4) is 0 Å². The lowest BCUT2D eigenvalue weighted by Crippen LogP contribution is -2.58. The van der Waals surface area contributed by atoms with Gasteiger partial charge in [-0.3, -0.25) is 10.5 Å². The second-order valence-electron chi connectivity index (χ2n) is 10.5. The van der Waals surface area contributed by atoms with Crippen molar-refractivity contribution in [2.24, 2.45) is 11.7 Å². The quantitative estimate of drug-likeness (QED) is 0.208. The highest BCUT2D eigenvalue weighted by Crippen LogP contribution is 2.35. The minimum atomic E-state index is -1.53. The van der Waals surface area contributed by atoms with E-state index in [4.69, 9.17) is 20.2 Å². The molecular weight excluding hydrogens is 552 g/mol. The van der Waals surface area contributed by atoms with Gasteiger partial charge < -0.3 is 19.7 Å². The molecule has 1 saturated heterocycles. The third-order valence-corrected chi connectivity index (χ3v) is 8.37. The molecule has 3 rings (SSSR count). The second kappa shape index (κ2) is 15.0. The van der Waals surface area contributed by atoms with Gasteiger partial charge in [0.05, 0.1) is 23.8 Å². The summed E-state index contributed by atoms with van der Waals surface area (Å²) in [5.41, 5.74) is 8.45. The van der Waals surface area contributed by atoms with Gasteiger partial charge in [0.25, 0.3) is 0 Å². The summed E-state index contributed by atoms with van der Waals surface area (Å²) in [7, 11) is 0. The molecule has 1 aliphatic heterocycles. The molecule has 11 heteroatoms. The maximum Gasteiger partial charge on any atom is 0.353 e. The van der Waals surface area contributed by atoms with Gasteiger partial charge in [0, 0.05) is 38.2 Å². The first kappa shape index (κ1) is 32.9. The van der Waals surface area contributed by atoms with Gasteiger partial charge >= 0.3 is 5.97 Å². The van der Waals surface area contributed by atoms with Gasteiger partial charge in [0.15, 0.2) is 0 Å². The standard InChI is InChI=1S/C31H40N6O4S/c1-6-25-26(16-32)28(37-14-12-24(13-15-37)41-31(34,20(3)4)30(39)40-7-2)36-29(27(25)17-33)42-19-23-10-8-22(9-11-23)18-35-21(5)38/h8-11,20,24H,6-7,12-15,18-19,34H2,1-5H3,(H,35,38)/t31-/m0/s1. The van der Waals surface area contributed by atoms with Crippen LogP contribution in [0.5, 0.6) is 0 Å². The molecule has 224 valence electrons. The van der Waals surface area contributed by atoms with Crippen molar-refractivity contribution in [3.8, 4) is 12.1 Å². The van der Waals surface area contributed by atoms with Crippen molar-refractivity contribution >= 4 is 29.5 Å². The van der Waals surface area contributed by atoms with E-state index in [0.717, 1.165) is 11.1 Å². The number of aromatic nitrogens is 1. The van der Waals surface area contributed by atoms with Crippen LogP contribution in [0.15, 0.2) is 29.3 Å². The molecule has 0 unspecified atom stereocenters. The number of carbonyl (C=O) groups excluding carboxylic acids is 2. The van der Waals surface area contributed by atoms with Gasteiger partial charge in [0.2, 0.25) is 11.6 Å². The van der Waals surface area contributed by atoms with Gasteiger partial charge in [0.1, 0.15) is 23.0 Å². The van der Waals surface area contributed by atoms with E-state index in [1.165, 1.54) is 18.7 Å². The fraction of sp³-hybridized carbons (Fsp3) is 0.516. The summed E-state index contributed by atoms with van der Waals surface area (Å²) < 4.78 is 11.3. The van der Waals surface area contributed by atoms with Crippen LogP contribution in [-0.4, -0.2) is 48.4 Å². The Morgan fingerprint density at radius 1 is 1.14 bits per heavy atom. The highest BCUT2D eigenvalue weighted by atomic mass is 32.2. The number of nitriles is 2. The van der Waals surface area contributed by atoms with Gasteiger partial charge in [-0.05, 0) is 42.9 Å². The number of nitrogens with two attached hydrogens (primary N) is 1. The van der Waals surface area contributed by atoms with Crippen molar-refractivity contribution in [1.29, 1.82) is 10.5 Å². The Balaban J connectivity index is 1.80. The van der Waals surface area contributed by atoms with Crippen molar-refractivity contribution in [1.82, 2.24) is 10.3 Å². The first-order valence-electron chi connectivity index (χ1n) is 14.3. The number of amides is 1. The van der Waals surface area contributed by atoms with E-state index in [0.29, 0.717) is 72.2 Å². The fourth-order valence-electron chi connectivity index (χ4n) is 4.77. The molecule has 0 saturated carbocycles. The summed E-state index contributed by atoms with van der Waals surface area (Å²) in [5, 5.41) is 23.5. The van der Waals surface area contributed by atoms with E-state index in [1.54, 1.807) is 6.92 Å². The molecule has 1 aromatic heterocycles. The summed E-state index contributed by atoms with van der Waals surface area (Å²) in [6, 6.07) is 12.5. The van der Waals surface area contributed by atoms with E-state index in [-0.39, 0.29) is 24.5 Å². The molecule has 0 spiro atoms. The lowest BCUT2D eigenvalue weighted by atomic mass is 9.98. The van der Waals surface area contributed by atoms with Crippen LogP contribution in [0.25, 0.3) is 0 Å². The Morgan fingerprint density at radius 2 is 1.76 bits per heavy atom. The predicted octanol–water partition coefficient (Wildman–Crippen LogP) is 4.18. The SMILES string of the molecule is CCOC(=O)[C@@](N)(OC1CCN(c2nc(SCc3ccc(CNC(C)=O)cc3)c(C#N)c(CC)c2C#N)CC1)C(C)C. The number of esters is 1. The molecule has 10 nitrogen and oxygen atoms in total. The normalized spacial score (nSPS) is 15.0. The number of rotatable bonds is 12. The zero-order valence-electron chi connectivity index (χ0n) is 25.0. The Hall–Kier alpha value is -3.64. The van der Waals surface area contributed by atoms with E-state index >= 15 is 0 Å². The van der Waals surface area contributed by atoms with Gasteiger partial charge in [-0.1, -0.05) is 45.0 Å². The monoisotopic (exact) mass is 592 g/mol. The third-order valence-electron chi connectivity index (χ3n) is 7.32. The van der Waals surface area contributed by atoms with Gasteiger partial charge in [-0.15, -0.1) is 11.8 Å². The number of ether oxygens (including phenoxy) is 2. The molecule has 3 N–H and O–H groups in total. The van der Waals surface area contributed by atoms with Crippen molar-refractivity contribution < 1.29 is 19.1 Å². The molecule has 1 aromatic carbocycles. The molecular formula is C31H40N6O4S. The van der Waals surface area contributed by atoms with Crippen molar-refractivity contribution in [3.63, 3.8) is 0 Å². The maximum atomic E-state index is 12.6. The smallest absolute Gasteiger partial charge is 0.353 e. The highest BCUT2D eigenvalue weighted by molar-refractivity contribution is 7.98. The largest absolute Gasteiger partial charge is 0.463 e. The van der Waals surface area contributed by atoms with Crippen LogP contribution in [0.2, 0.25) is 0 Å². The van der Waals surface area contributed by atoms with Gasteiger partial charge in [-0.2, -0.15) is 10.5 Å². The van der Waals surface area contributed by atoms with Gasteiger partial charge in [-0.25, -0.2) is 9.78 Å². The highest BCUT2D eigenvalue weighted by Gasteiger charge is 2.43. The van der Waals surface area contributed by atoms with E-state index in [1.807, 2.05) is 45.0 Å². The van der Waals surface area contributed by atoms with Crippen molar-refractivity contribution in [3.05, 3.63) is 52.1 Å². The average molecular weight is 593 g/mol. The number of benzene rings is 1. The van der Waals surface area contributed by atoms with Crippen LogP contribution < -0.4 is 16.0 Å². The summed E-state index contributed by atoms with van der Waals surface area (Å²) >= 11 is 1.46. The lowest BCUT2D eigenvalue weighted by molar-refractivity contribution is -0.189. The first-order chi connectivity index (χ1) is 20.1. The molecule has 0 bridgehead atoms. The molecule has 42 heavy (non-hydrogen) atoms. The van der Waals surface area contributed by atoms with Crippen LogP contribution in [-0.2, 0) is 37.8 Å². The lowest BCUT2D eigenvalue weighted by Gasteiger charge is -2.39. The number of anilines is 1. The predicted molar refractivity (Wildman–Crippen MR) is 161 cm³/mol. The minimum absolute atomic E-state index is 0.0791. The molecule has 2 aromatic rings. The number of nitrogens with zero attached hydrogens (tertiary/aromatic N) is 4. The Bertz CT molecular complexity index is 1340. The van der Waals surface area contributed by atoms with Crippen LogP contribution in [0.1, 0.15) is 75.3 Å². The topological polar surface area (TPSA) is 154 Å². The average Bonchev–Trinajstić information content (AvgIpc) is 2.98. The van der Waals surface area contributed by atoms with Crippen LogP contribution >= 0.6 is 11.8 Å². The Morgan fingerprint density at radius 3 is 2.29 bits per heavy atom. The number of piperidine rings is 1. The molecule has 1 amide bonds. The van der Waals surface area contributed by atoms with Crippen molar-refractivity contribution in [2.75, 3.05) is 24.6 Å². The van der Waals surface area contributed by atoms with Crippen LogP contribution in [0.4, 0.5) is 5.82 Å². The van der Waals surface area contributed by atoms with E-state index in [9.17, 15) is 20.1 Å². The molecule has 1 atom stereocenters. The van der Waals surface area contributed by atoms with Crippen LogP contribution in [0, 0.1) is 28.6 Å².